The maximum Gasteiger partial charge on any atom is 0.202 e. The van der Waals surface area contributed by atoms with Gasteiger partial charge in [0.25, 0.3) is 0 Å². The van der Waals surface area contributed by atoms with Crippen LogP contribution in [0.1, 0.15) is 35.0 Å². The highest BCUT2D eigenvalue weighted by Crippen LogP contribution is 2.39. The first-order valence-corrected chi connectivity index (χ1v) is 10.9. The summed E-state index contributed by atoms with van der Waals surface area (Å²) >= 11 is 4.94. The Morgan fingerprint density at radius 2 is 2.11 bits per heavy atom. The summed E-state index contributed by atoms with van der Waals surface area (Å²) in [7, 11) is 0. The molecule has 0 saturated carbocycles. The predicted molar refractivity (Wildman–Crippen MR) is 117 cm³/mol. The van der Waals surface area contributed by atoms with E-state index in [2.05, 4.69) is 30.2 Å². The van der Waals surface area contributed by atoms with Crippen molar-refractivity contribution >= 4 is 30.2 Å². The zero-order valence-corrected chi connectivity index (χ0v) is 18.2. The average Bonchev–Trinajstić information content (AvgIpc) is 3.02. The first-order valence-electron chi connectivity index (χ1n) is 9.24. The molecule has 0 saturated heterocycles. The number of thiol groups is 1. The van der Waals surface area contributed by atoms with E-state index in [1.807, 2.05) is 13.0 Å². The molecule has 152 valence electrons. The van der Waals surface area contributed by atoms with Crippen LogP contribution in [0.5, 0.6) is 5.75 Å². The van der Waals surface area contributed by atoms with E-state index in [1.54, 1.807) is 12.3 Å². The highest BCUT2D eigenvalue weighted by atomic mass is 32.2. The number of thioether (sulfide) groups is 1. The first-order chi connectivity index (χ1) is 13.5. The Morgan fingerprint density at radius 3 is 2.75 bits per heavy atom. The van der Waals surface area contributed by atoms with Gasteiger partial charge in [0.1, 0.15) is 11.6 Å². The Labute approximate surface area is 175 Å². The van der Waals surface area contributed by atoms with Crippen molar-refractivity contribution in [3.05, 3.63) is 57.9 Å². The molecule has 2 heterocycles. The van der Waals surface area contributed by atoms with Gasteiger partial charge in [-0.3, -0.25) is 4.79 Å². The molecule has 0 fully saturated rings. The number of fused-ring (bicyclic) bond motifs is 1. The van der Waals surface area contributed by atoms with Crippen LogP contribution in [0.25, 0.3) is 0 Å². The summed E-state index contributed by atoms with van der Waals surface area (Å²) in [5.74, 6) is -0.409. The molecule has 0 aliphatic carbocycles. The molecule has 3 rings (SSSR count). The highest BCUT2D eigenvalue weighted by Gasteiger charge is 2.24. The number of carbonyl (C=O) groups is 1. The molecule has 0 amide bonds. The van der Waals surface area contributed by atoms with Crippen molar-refractivity contribution < 1.29 is 13.9 Å². The van der Waals surface area contributed by atoms with E-state index >= 15 is 0 Å². The Morgan fingerprint density at radius 1 is 1.36 bits per heavy atom. The number of rotatable bonds is 7. The lowest BCUT2D eigenvalue weighted by Gasteiger charge is -2.17. The zero-order chi connectivity index (χ0) is 20.7. The quantitative estimate of drug-likeness (QED) is 0.504. The van der Waals surface area contributed by atoms with Gasteiger partial charge in [-0.05, 0) is 63.3 Å². The van der Waals surface area contributed by atoms with Crippen LogP contribution >= 0.6 is 24.4 Å². The normalized spacial score (nSPS) is 12.6. The van der Waals surface area contributed by atoms with Gasteiger partial charge in [0.2, 0.25) is 5.78 Å². The largest absolute Gasteiger partial charge is 0.494 e. The smallest absolute Gasteiger partial charge is 0.202 e. The van der Waals surface area contributed by atoms with Crippen LogP contribution in [-0.2, 0) is 13.0 Å². The van der Waals surface area contributed by atoms with Crippen molar-refractivity contribution in [3.63, 3.8) is 0 Å². The number of Topliss-reactive ketones (excluding diaryl/α,β-unsaturated/α-hetero) is 1. The molecule has 4 nitrogen and oxygen atoms in total. The molecule has 2 aromatic rings. The van der Waals surface area contributed by atoms with Crippen LogP contribution in [0.15, 0.2) is 40.3 Å². The number of ketones is 1. The summed E-state index contributed by atoms with van der Waals surface area (Å²) in [5.41, 5.74) is 8.07. The molecule has 28 heavy (non-hydrogen) atoms. The van der Waals surface area contributed by atoms with Crippen molar-refractivity contribution in [1.82, 2.24) is 4.57 Å². The predicted octanol–water partition coefficient (Wildman–Crippen LogP) is 4.64. The molecule has 2 N–H and O–H groups in total. The highest BCUT2D eigenvalue weighted by molar-refractivity contribution is 8.04. The van der Waals surface area contributed by atoms with Crippen LogP contribution < -0.4 is 10.5 Å². The van der Waals surface area contributed by atoms with Crippen LogP contribution in [0.3, 0.4) is 0 Å². The number of allylic oxidation sites excluding steroid dienone is 2. The van der Waals surface area contributed by atoms with Gasteiger partial charge in [0, 0.05) is 18.3 Å². The van der Waals surface area contributed by atoms with Crippen molar-refractivity contribution in [3.8, 4) is 5.75 Å². The Hall–Kier alpha value is -1.70. The lowest BCUT2D eigenvalue weighted by Crippen LogP contribution is -2.11. The van der Waals surface area contributed by atoms with Gasteiger partial charge >= 0.3 is 0 Å². The first kappa shape index (κ1) is 22.6. The number of aromatic nitrogens is 1. The summed E-state index contributed by atoms with van der Waals surface area (Å²) in [6.45, 7) is 5.79. The van der Waals surface area contributed by atoms with Gasteiger partial charge < -0.3 is 15.0 Å². The van der Waals surface area contributed by atoms with Crippen molar-refractivity contribution in [2.24, 2.45) is 5.73 Å². The van der Waals surface area contributed by atoms with Gasteiger partial charge in [-0.2, -0.15) is 12.6 Å². The molecule has 0 bridgehead atoms. The molecular formula is C21H27FN2O2S2. The molecule has 0 atom stereocenters. The third-order valence-electron chi connectivity index (χ3n) is 4.35. The number of ether oxygens (including phenoxy) is 1. The number of aryl methyl sites for hydroxylation is 1. The van der Waals surface area contributed by atoms with Crippen LogP contribution in [0.4, 0.5) is 4.39 Å². The summed E-state index contributed by atoms with van der Waals surface area (Å²) in [6, 6.07) is 6.55. The number of nitrogens with two attached hydrogens (primary N) is 1. The average molecular weight is 423 g/mol. The Bertz CT molecular complexity index is 862. The second-order valence-corrected chi connectivity index (χ2v) is 7.22. The van der Waals surface area contributed by atoms with E-state index in [9.17, 15) is 9.18 Å². The number of hydrogen-bond acceptors (Lipinski definition) is 5. The molecule has 0 radical (unpaired) electrons. The minimum absolute atomic E-state index is 0.0763. The third kappa shape index (κ3) is 5.01. The fourth-order valence-electron chi connectivity index (χ4n) is 3.08. The van der Waals surface area contributed by atoms with Gasteiger partial charge in [0.15, 0.2) is 0 Å². The van der Waals surface area contributed by atoms with Crippen LogP contribution in [-0.4, -0.2) is 29.8 Å². The zero-order valence-electron chi connectivity index (χ0n) is 16.5. The standard InChI is InChI=1S/C20H23FN2O2S.CH4S/c1-3-25-15-6-7-16(17(21)12-15)19(24)18-8-5-14-11-13(2)23(10-4-9-22)20(14)26-18;1-2/h6-8,11-12H,3-5,9-10,22H2,1-2H3;2H,1H3. The van der Waals surface area contributed by atoms with E-state index in [0.29, 0.717) is 30.2 Å². The molecule has 0 unspecified atom stereocenters. The molecule has 1 aromatic heterocycles. The number of hydrogen-bond donors (Lipinski definition) is 2. The summed E-state index contributed by atoms with van der Waals surface area (Å²) in [5, 5.41) is 1.06. The molecule has 1 aliphatic rings. The van der Waals surface area contributed by atoms with Gasteiger partial charge in [0.05, 0.1) is 22.1 Å². The second kappa shape index (κ2) is 10.7. The van der Waals surface area contributed by atoms with E-state index < -0.39 is 5.82 Å². The number of halogens is 1. The van der Waals surface area contributed by atoms with Crippen molar-refractivity contribution in [1.29, 1.82) is 0 Å². The molecule has 1 aliphatic heterocycles. The van der Waals surface area contributed by atoms with Crippen molar-refractivity contribution in [2.75, 3.05) is 19.4 Å². The van der Waals surface area contributed by atoms with Crippen molar-refractivity contribution in [2.45, 2.75) is 38.3 Å². The lowest BCUT2D eigenvalue weighted by atomic mass is 10.1. The Kier molecular flexibility index (Phi) is 8.66. The van der Waals surface area contributed by atoms with Gasteiger partial charge in [-0.1, -0.05) is 17.8 Å². The summed E-state index contributed by atoms with van der Waals surface area (Å²) < 4.78 is 21.8. The van der Waals surface area contributed by atoms with E-state index in [4.69, 9.17) is 10.5 Å². The maximum atomic E-state index is 14.4. The topological polar surface area (TPSA) is 57.2 Å². The number of benzene rings is 1. The fraction of sp³-hybridized carbons (Fsp3) is 0.381. The third-order valence-corrected chi connectivity index (χ3v) is 5.60. The van der Waals surface area contributed by atoms with E-state index in [1.165, 1.54) is 29.5 Å². The minimum Gasteiger partial charge on any atom is -0.494 e. The van der Waals surface area contributed by atoms with E-state index in [-0.39, 0.29) is 11.3 Å². The minimum atomic E-state index is -0.553. The van der Waals surface area contributed by atoms with Gasteiger partial charge in [-0.15, -0.1) is 0 Å². The second-order valence-electron chi connectivity index (χ2n) is 6.19. The monoisotopic (exact) mass is 422 g/mol. The molecule has 1 aromatic carbocycles. The number of nitrogens with zero attached hydrogens (tertiary/aromatic N) is 1. The maximum absolute atomic E-state index is 14.4. The number of carbonyl (C=O) groups excluding carboxylic acids is 1. The van der Waals surface area contributed by atoms with Crippen LogP contribution in [0, 0.1) is 12.7 Å². The fourth-order valence-corrected chi connectivity index (χ4v) is 4.27. The lowest BCUT2D eigenvalue weighted by molar-refractivity contribution is 0.103. The Balaban J connectivity index is 0.00000136. The SMILES string of the molecule is CCOc1ccc(C(=O)C2=CCc3cc(C)n(CCCN)c3S2)c(F)c1.CS. The molecular weight excluding hydrogens is 395 g/mol. The summed E-state index contributed by atoms with van der Waals surface area (Å²) in [4.78, 5) is 13.4. The van der Waals surface area contributed by atoms with Crippen LogP contribution in [0.2, 0.25) is 0 Å². The molecule has 0 spiro atoms. The summed E-state index contributed by atoms with van der Waals surface area (Å²) in [6.07, 6.45) is 5.14. The van der Waals surface area contributed by atoms with Gasteiger partial charge in [-0.25, -0.2) is 4.39 Å². The molecule has 7 heteroatoms. The van der Waals surface area contributed by atoms with E-state index in [0.717, 1.165) is 23.7 Å².